The molecule has 5 nitrogen and oxygen atoms in total. The fourth-order valence-electron chi connectivity index (χ4n) is 3.78. The van der Waals surface area contributed by atoms with Gasteiger partial charge >= 0.3 is 0 Å². The Morgan fingerprint density at radius 2 is 0.963 bits per heavy atom. The monoisotopic (exact) mass is 372 g/mol. The van der Waals surface area contributed by atoms with Gasteiger partial charge in [0.25, 0.3) is 0 Å². The Labute approximate surface area is 161 Å². The number of benzene rings is 2. The molecular weight excluding hydrogens is 344 g/mol. The van der Waals surface area contributed by atoms with Crippen molar-refractivity contribution >= 4 is 0 Å². The van der Waals surface area contributed by atoms with Crippen LogP contribution in [0.25, 0.3) is 0 Å². The number of hydrogen-bond donors (Lipinski definition) is 0. The minimum Gasteiger partial charge on any atom is -0.493 e. The van der Waals surface area contributed by atoms with E-state index < -0.39 is 0 Å². The van der Waals surface area contributed by atoms with E-state index in [9.17, 15) is 0 Å². The highest BCUT2D eigenvalue weighted by Gasteiger charge is 2.41. The second-order valence-electron chi connectivity index (χ2n) is 6.92. The van der Waals surface area contributed by atoms with E-state index in [-0.39, 0.29) is 12.2 Å². The Hall–Kier alpha value is -2.40. The Bertz CT molecular complexity index is 723. The lowest BCUT2D eigenvalue weighted by Crippen LogP contribution is -2.10. The van der Waals surface area contributed by atoms with Crippen LogP contribution in [-0.4, -0.2) is 28.4 Å². The maximum Gasteiger partial charge on any atom is 0.161 e. The smallest absolute Gasteiger partial charge is 0.161 e. The molecule has 3 rings (SSSR count). The van der Waals surface area contributed by atoms with Crippen LogP contribution in [0.2, 0.25) is 0 Å². The fraction of sp³-hybridized carbons (Fsp3) is 0.455. The lowest BCUT2D eigenvalue weighted by atomic mass is 9.85. The summed E-state index contributed by atoms with van der Waals surface area (Å²) in [5.74, 6) is 3.57. The standard InChI is InChI=1S/C22H28O5/c1-13-14(2)22(16-8-10-18(24-4)20(12-16)26-6)27-21(13)15-7-9-17(23-3)19(11-15)25-5/h7-14,21-22H,1-6H3/t13-,14-,21+,22+/m0/s1. The van der Waals surface area contributed by atoms with Gasteiger partial charge in [-0.15, -0.1) is 0 Å². The van der Waals surface area contributed by atoms with E-state index in [0.29, 0.717) is 23.3 Å². The zero-order valence-electron chi connectivity index (χ0n) is 16.8. The van der Waals surface area contributed by atoms with Crippen LogP contribution in [-0.2, 0) is 4.74 Å². The van der Waals surface area contributed by atoms with Crippen LogP contribution in [0.4, 0.5) is 0 Å². The molecule has 0 aromatic heterocycles. The van der Waals surface area contributed by atoms with Crippen LogP contribution in [0, 0.1) is 11.8 Å². The average Bonchev–Trinajstić information content (AvgIpc) is 3.01. The van der Waals surface area contributed by atoms with Crippen LogP contribution < -0.4 is 18.9 Å². The highest BCUT2D eigenvalue weighted by atomic mass is 16.5. The van der Waals surface area contributed by atoms with Gasteiger partial charge in [0.2, 0.25) is 0 Å². The molecule has 5 heteroatoms. The molecule has 0 radical (unpaired) electrons. The number of ether oxygens (including phenoxy) is 5. The van der Waals surface area contributed by atoms with Crippen molar-refractivity contribution in [2.24, 2.45) is 11.8 Å². The van der Waals surface area contributed by atoms with Gasteiger partial charge in [0, 0.05) is 0 Å². The van der Waals surface area contributed by atoms with E-state index in [1.165, 1.54) is 0 Å². The summed E-state index contributed by atoms with van der Waals surface area (Å²) in [6.45, 7) is 4.46. The predicted octanol–water partition coefficient (Wildman–Crippen LogP) is 4.81. The van der Waals surface area contributed by atoms with Gasteiger partial charge in [-0.1, -0.05) is 26.0 Å². The van der Waals surface area contributed by atoms with E-state index in [2.05, 4.69) is 13.8 Å². The first-order valence-electron chi connectivity index (χ1n) is 9.13. The molecule has 1 heterocycles. The van der Waals surface area contributed by atoms with Crippen molar-refractivity contribution < 1.29 is 23.7 Å². The Morgan fingerprint density at radius 3 is 1.30 bits per heavy atom. The maximum absolute atomic E-state index is 6.51. The lowest BCUT2D eigenvalue weighted by molar-refractivity contribution is 0.0288. The molecule has 1 aliphatic heterocycles. The van der Waals surface area contributed by atoms with Gasteiger partial charge in [0.15, 0.2) is 23.0 Å². The highest BCUT2D eigenvalue weighted by molar-refractivity contribution is 5.45. The van der Waals surface area contributed by atoms with Crippen LogP contribution in [0.3, 0.4) is 0 Å². The molecule has 2 aromatic rings. The molecule has 146 valence electrons. The van der Waals surface area contributed by atoms with Gasteiger partial charge in [0.05, 0.1) is 40.6 Å². The van der Waals surface area contributed by atoms with E-state index in [4.69, 9.17) is 23.7 Å². The topological polar surface area (TPSA) is 46.2 Å². The molecule has 1 saturated heterocycles. The lowest BCUT2D eigenvalue weighted by Gasteiger charge is -2.18. The number of hydrogen-bond acceptors (Lipinski definition) is 5. The molecule has 1 aliphatic rings. The van der Waals surface area contributed by atoms with Crippen LogP contribution >= 0.6 is 0 Å². The summed E-state index contributed by atoms with van der Waals surface area (Å²) < 4.78 is 28.1. The highest BCUT2D eigenvalue weighted by Crippen LogP contribution is 2.50. The molecular formula is C22H28O5. The zero-order valence-corrected chi connectivity index (χ0v) is 16.8. The van der Waals surface area contributed by atoms with Gasteiger partial charge in [-0.2, -0.15) is 0 Å². The van der Waals surface area contributed by atoms with Crippen molar-refractivity contribution in [3.63, 3.8) is 0 Å². The van der Waals surface area contributed by atoms with Crippen molar-refractivity contribution in [3.8, 4) is 23.0 Å². The summed E-state index contributed by atoms with van der Waals surface area (Å²) in [7, 11) is 6.58. The van der Waals surface area contributed by atoms with Crippen molar-refractivity contribution in [1.82, 2.24) is 0 Å². The summed E-state index contributed by atoms with van der Waals surface area (Å²) in [5, 5.41) is 0. The van der Waals surface area contributed by atoms with Crippen molar-refractivity contribution in [2.75, 3.05) is 28.4 Å². The van der Waals surface area contributed by atoms with Crippen molar-refractivity contribution in [2.45, 2.75) is 26.1 Å². The summed E-state index contributed by atoms with van der Waals surface area (Å²) in [6, 6.07) is 12.0. The quantitative estimate of drug-likeness (QED) is 0.728. The third-order valence-electron chi connectivity index (χ3n) is 5.55. The van der Waals surface area contributed by atoms with Crippen LogP contribution in [0.1, 0.15) is 37.2 Å². The molecule has 0 bridgehead atoms. The van der Waals surface area contributed by atoms with Gasteiger partial charge in [-0.3, -0.25) is 0 Å². The van der Waals surface area contributed by atoms with E-state index in [1.54, 1.807) is 28.4 Å². The Kier molecular flexibility index (Phi) is 5.80. The van der Waals surface area contributed by atoms with E-state index in [0.717, 1.165) is 22.6 Å². The first-order valence-corrected chi connectivity index (χ1v) is 9.13. The molecule has 4 atom stereocenters. The third kappa shape index (κ3) is 3.56. The summed E-state index contributed by atoms with van der Waals surface area (Å²) in [4.78, 5) is 0. The summed E-state index contributed by atoms with van der Waals surface area (Å²) in [6.07, 6.45) is -0.0317. The van der Waals surface area contributed by atoms with Gasteiger partial charge < -0.3 is 23.7 Å². The molecule has 0 unspecified atom stereocenters. The number of methoxy groups -OCH3 is 4. The normalized spacial score (nSPS) is 24.5. The van der Waals surface area contributed by atoms with Crippen molar-refractivity contribution in [1.29, 1.82) is 0 Å². The summed E-state index contributed by atoms with van der Waals surface area (Å²) >= 11 is 0. The average molecular weight is 372 g/mol. The van der Waals surface area contributed by atoms with E-state index >= 15 is 0 Å². The summed E-state index contributed by atoms with van der Waals surface area (Å²) in [5.41, 5.74) is 2.19. The Balaban J connectivity index is 1.90. The minimum atomic E-state index is -0.0158. The largest absolute Gasteiger partial charge is 0.493 e. The van der Waals surface area contributed by atoms with Crippen LogP contribution in [0.15, 0.2) is 36.4 Å². The zero-order chi connectivity index (χ0) is 19.6. The molecule has 2 aromatic carbocycles. The molecule has 0 spiro atoms. The second kappa shape index (κ2) is 8.09. The molecule has 0 saturated carbocycles. The minimum absolute atomic E-state index is 0.0158. The van der Waals surface area contributed by atoms with Gasteiger partial charge in [-0.25, -0.2) is 0 Å². The van der Waals surface area contributed by atoms with Gasteiger partial charge in [0.1, 0.15) is 0 Å². The first kappa shape index (κ1) is 19.4. The SMILES string of the molecule is COc1ccc([C@@H]2O[C@@H](c3ccc(OC)c(OC)c3)[C@@H](C)[C@@H]2C)cc1OC. The molecule has 0 aliphatic carbocycles. The van der Waals surface area contributed by atoms with Crippen LogP contribution in [0.5, 0.6) is 23.0 Å². The molecule has 0 amide bonds. The molecule has 1 fully saturated rings. The maximum atomic E-state index is 6.51. The van der Waals surface area contributed by atoms with Gasteiger partial charge in [-0.05, 0) is 47.2 Å². The Morgan fingerprint density at radius 1 is 0.593 bits per heavy atom. The van der Waals surface area contributed by atoms with E-state index in [1.807, 2.05) is 36.4 Å². The molecule has 0 N–H and O–H groups in total. The fourth-order valence-corrected chi connectivity index (χ4v) is 3.78. The molecule has 27 heavy (non-hydrogen) atoms. The first-order chi connectivity index (χ1) is 13.0. The third-order valence-corrected chi connectivity index (χ3v) is 5.55. The predicted molar refractivity (Wildman–Crippen MR) is 104 cm³/mol. The number of rotatable bonds is 6. The van der Waals surface area contributed by atoms with Crippen molar-refractivity contribution in [3.05, 3.63) is 47.5 Å². The second-order valence-corrected chi connectivity index (χ2v) is 6.92.